The number of H-pyrrole nitrogens is 1. The lowest BCUT2D eigenvalue weighted by Gasteiger charge is -2.20. The van der Waals surface area contributed by atoms with Gasteiger partial charge in [-0.3, -0.25) is 4.79 Å². The quantitative estimate of drug-likeness (QED) is 0.827. The van der Waals surface area contributed by atoms with Gasteiger partial charge in [-0.05, 0) is 26.3 Å². The van der Waals surface area contributed by atoms with E-state index in [1.165, 1.54) is 0 Å². The van der Waals surface area contributed by atoms with E-state index >= 15 is 0 Å². The van der Waals surface area contributed by atoms with E-state index in [0.717, 1.165) is 37.1 Å². The maximum Gasteiger partial charge on any atom is 0.254 e. The third kappa shape index (κ3) is 2.79. The van der Waals surface area contributed by atoms with Crippen LogP contribution in [0.25, 0.3) is 0 Å². The summed E-state index contributed by atoms with van der Waals surface area (Å²) in [5.41, 5.74) is 1.70. The molecule has 1 aromatic rings. The van der Waals surface area contributed by atoms with Crippen molar-refractivity contribution in [1.82, 2.24) is 15.3 Å². The van der Waals surface area contributed by atoms with Crippen LogP contribution in [0.4, 0.5) is 0 Å². The number of nitrogens with one attached hydrogen (secondary N) is 2. The molecule has 5 nitrogen and oxygen atoms in total. The van der Waals surface area contributed by atoms with E-state index < -0.39 is 0 Å². The number of aromatic nitrogens is 2. The average Bonchev–Trinajstić information content (AvgIpc) is 2.38. The fourth-order valence-electron chi connectivity index (χ4n) is 2.30. The van der Waals surface area contributed by atoms with Crippen molar-refractivity contribution in [3.05, 3.63) is 27.4 Å². The molecule has 2 heterocycles. The molecule has 1 aliphatic rings. The van der Waals surface area contributed by atoms with Crippen LogP contribution in [-0.4, -0.2) is 23.1 Å². The topological polar surface area (TPSA) is 67.0 Å². The molecule has 0 radical (unpaired) electrons. The van der Waals surface area contributed by atoms with Crippen molar-refractivity contribution >= 4 is 0 Å². The van der Waals surface area contributed by atoms with Gasteiger partial charge >= 0.3 is 0 Å². The fourth-order valence-corrected chi connectivity index (χ4v) is 2.30. The summed E-state index contributed by atoms with van der Waals surface area (Å²) in [6.07, 6.45) is 2.54. The molecule has 0 spiro atoms. The zero-order valence-electron chi connectivity index (χ0n) is 11.1. The van der Waals surface area contributed by atoms with E-state index in [4.69, 9.17) is 4.74 Å². The minimum absolute atomic E-state index is 0.00249. The lowest BCUT2D eigenvalue weighted by Crippen LogP contribution is -2.32. The molecule has 1 aliphatic heterocycles. The van der Waals surface area contributed by atoms with Gasteiger partial charge < -0.3 is 15.0 Å². The standard InChI is InChI=1S/C13H21N3O2/c1-3-5-11(18-4-2)12-15-10-8-14-7-6-9(10)13(17)16-12/h11,14H,3-8H2,1-2H3,(H,15,16,17). The molecular formula is C13H21N3O2. The summed E-state index contributed by atoms with van der Waals surface area (Å²) >= 11 is 0. The zero-order chi connectivity index (χ0) is 13.0. The Labute approximate surface area is 107 Å². The molecule has 0 amide bonds. The van der Waals surface area contributed by atoms with Crippen LogP contribution in [0.15, 0.2) is 4.79 Å². The highest BCUT2D eigenvalue weighted by Gasteiger charge is 2.19. The first-order valence-corrected chi connectivity index (χ1v) is 6.70. The van der Waals surface area contributed by atoms with E-state index in [1.807, 2.05) is 6.92 Å². The Hall–Kier alpha value is -1.20. The van der Waals surface area contributed by atoms with E-state index in [1.54, 1.807) is 0 Å². The summed E-state index contributed by atoms with van der Waals surface area (Å²) in [7, 11) is 0. The van der Waals surface area contributed by atoms with Crippen LogP contribution < -0.4 is 10.9 Å². The van der Waals surface area contributed by atoms with Crippen molar-refractivity contribution in [2.45, 2.75) is 45.8 Å². The first-order chi connectivity index (χ1) is 8.76. The van der Waals surface area contributed by atoms with Crippen LogP contribution in [0.5, 0.6) is 0 Å². The second-order valence-electron chi connectivity index (χ2n) is 4.54. The third-order valence-electron chi connectivity index (χ3n) is 3.19. The Morgan fingerprint density at radius 2 is 2.28 bits per heavy atom. The Kier molecular flexibility index (Phi) is 4.49. The molecule has 100 valence electrons. The molecule has 2 N–H and O–H groups in total. The lowest BCUT2D eigenvalue weighted by molar-refractivity contribution is 0.0489. The van der Waals surface area contributed by atoms with Gasteiger partial charge in [-0.2, -0.15) is 0 Å². The van der Waals surface area contributed by atoms with Gasteiger partial charge in [0.2, 0.25) is 0 Å². The smallest absolute Gasteiger partial charge is 0.254 e. The van der Waals surface area contributed by atoms with Crippen LogP contribution in [0.2, 0.25) is 0 Å². The number of nitrogens with zero attached hydrogens (tertiary/aromatic N) is 1. The van der Waals surface area contributed by atoms with Crippen LogP contribution in [-0.2, 0) is 17.7 Å². The van der Waals surface area contributed by atoms with Gasteiger partial charge in [-0.25, -0.2) is 4.98 Å². The van der Waals surface area contributed by atoms with Crippen molar-refractivity contribution < 1.29 is 4.74 Å². The zero-order valence-corrected chi connectivity index (χ0v) is 11.1. The molecule has 18 heavy (non-hydrogen) atoms. The van der Waals surface area contributed by atoms with Crippen molar-refractivity contribution in [3.63, 3.8) is 0 Å². The first kappa shape index (κ1) is 13.2. The highest BCUT2D eigenvalue weighted by Crippen LogP contribution is 2.19. The highest BCUT2D eigenvalue weighted by atomic mass is 16.5. The number of ether oxygens (including phenoxy) is 1. The molecule has 0 fully saturated rings. The Balaban J connectivity index is 2.32. The highest BCUT2D eigenvalue weighted by molar-refractivity contribution is 5.21. The fraction of sp³-hybridized carbons (Fsp3) is 0.692. The largest absolute Gasteiger partial charge is 0.371 e. The van der Waals surface area contributed by atoms with Crippen LogP contribution in [0.1, 0.15) is 49.9 Å². The molecule has 1 atom stereocenters. The second-order valence-corrected chi connectivity index (χ2v) is 4.54. The number of fused-ring (bicyclic) bond motifs is 1. The van der Waals surface area contributed by atoms with E-state index in [-0.39, 0.29) is 11.7 Å². The molecule has 0 saturated carbocycles. The van der Waals surface area contributed by atoms with Crippen molar-refractivity contribution in [2.24, 2.45) is 0 Å². The Bertz CT molecular complexity index is 450. The monoisotopic (exact) mass is 251 g/mol. The van der Waals surface area contributed by atoms with Crippen LogP contribution >= 0.6 is 0 Å². The van der Waals surface area contributed by atoms with Gasteiger partial charge in [-0.15, -0.1) is 0 Å². The van der Waals surface area contributed by atoms with Crippen molar-refractivity contribution in [2.75, 3.05) is 13.2 Å². The van der Waals surface area contributed by atoms with Crippen LogP contribution in [0.3, 0.4) is 0 Å². The minimum atomic E-state index is -0.0973. The second kappa shape index (κ2) is 6.11. The van der Waals surface area contributed by atoms with Gasteiger partial charge in [0.15, 0.2) is 0 Å². The molecule has 0 saturated heterocycles. The SMILES string of the molecule is CCCC(OCC)c1nc2c(c(=O)[nH]1)CCNC2. The van der Waals surface area contributed by atoms with Crippen LogP contribution in [0, 0.1) is 0 Å². The third-order valence-corrected chi connectivity index (χ3v) is 3.19. The average molecular weight is 251 g/mol. The first-order valence-electron chi connectivity index (χ1n) is 6.70. The summed E-state index contributed by atoms with van der Waals surface area (Å²) in [4.78, 5) is 19.5. The molecule has 5 heteroatoms. The maximum atomic E-state index is 12.0. The number of aromatic amines is 1. The molecule has 0 aliphatic carbocycles. The lowest BCUT2D eigenvalue weighted by atomic mass is 10.1. The molecule has 2 rings (SSSR count). The van der Waals surface area contributed by atoms with E-state index in [0.29, 0.717) is 19.0 Å². The summed E-state index contributed by atoms with van der Waals surface area (Å²) in [6.45, 7) is 6.21. The normalized spacial score (nSPS) is 16.3. The number of hydrogen-bond acceptors (Lipinski definition) is 4. The van der Waals surface area contributed by atoms with E-state index in [2.05, 4.69) is 22.2 Å². The molecule has 1 unspecified atom stereocenters. The molecule has 0 bridgehead atoms. The number of hydrogen-bond donors (Lipinski definition) is 2. The van der Waals surface area contributed by atoms with E-state index in [9.17, 15) is 4.79 Å². The summed E-state index contributed by atoms with van der Waals surface area (Å²) in [6, 6.07) is 0. The van der Waals surface area contributed by atoms with Gasteiger partial charge in [0.25, 0.3) is 5.56 Å². The maximum absolute atomic E-state index is 12.0. The van der Waals surface area contributed by atoms with Gasteiger partial charge in [0.1, 0.15) is 11.9 Å². The minimum Gasteiger partial charge on any atom is -0.371 e. The molecule has 0 aromatic carbocycles. The van der Waals surface area contributed by atoms with Gasteiger partial charge in [-0.1, -0.05) is 13.3 Å². The predicted molar refractivity (Wildman–Crippen MR) is 69.5 cm³/mol. The molecular weight excluding hydrogens is 230 g/mol. The summed E-state index contributed by atoms with van der Waals surface area (Å²) in [5.74, 6) is 0.672. The van der Waals surface area contributed by atoms with Gasteiger partial charge in [0.05, 0.1) is 5.69 Å². The van der Waals surface area contributed by atoms with Crippen molar-refractivity contribution in [1.29, 1.82) is 0 Å². The predicted octanol–water partition coefficient (Wildman–Crippen LogP) is 1.29. The Morgan fingerprint density at radius 1 is 1.44 bits per heavy atom. The summed E-state index contributed by atoms with van der Waals surface area (Å²) < 4.78 is 5.66. The van der Waals surface area contributed by atoms with Crippen molar-refractivity contribution in [3.8, 4) is 0 Å². The number of rotatable bonds is 5. The van der Waals surface area contributed by atoms with Gasteiger partial charge in [0, 0.05) is 18.7 Å². The molecule has 1 aromatic heterocycles. The Morgan fingerprint density at radius 3 is 3.00 bits per heavy atom. The summed E-state index contributed by atoms with van der Waals surface area (Å²) in [5, 5.41) is 3.24.